The molecule has 2 rings (SSSR count). The molecule has 0 aromatic heterocycles. The van der Waals surface area contributed by atoms with Gasteiger partial charge in [-0.2, -0.15) is 0 Å². The largest absolute Gasteiger partial charge is 0.396 e. The number of hydrogen-bond acceptors (Lipinski definition) is 3. The van der Waals surface area contributed by atoms with Crippen LogP contribution in [-0.4, -0.2) is 36.6 Å². The SMILES string of the molecule is CC(C)c1ccc(N2CCC(C(=O)NCC(C)(C)CCO)C2=O)cc1. The van der Waals surface area contributed by atoms with Gasteiger partial charge in [0.1, 0.15) is 5.92 Å². The molecule has 1 unspecified atom stereocenters. The summed E-state index contributed by atoms with van der Waals surface area (Å²) < 4.78 is 0. The predicted octanol–water partition coefficient (Wildman–Crippen LogP) is 2.69. The normalized spacial score (nSPS) is 18.1. The summed E-state index contributed by atoms with van der Waals surface area (Å²) in [6.45, 7) is 9.36. The van der Waals surface area contributed by atoms with Crippen molar-refractivity contribution in [2.24, 2.45) is 11.3 Å². The van der Waals surface area contributed by atoms with Gasteiger partial charge in [-0.25, -0.2) is 0 Å². The summed E-state index contributed by atoms with van der Waals surface area (Å²) in [5.74, 6) is -0.508. The zero-order valence-electron chi connectivity index (χ0n) is 15.7. The lowest BCUT2D eigenvalue weighted by Gasteiger charge is -2.24. The molecule has 2 amide bonds. The zero-order chi connectivity index (χ0) is 18.6. The van der Waals surface area contributed by atoms with Crippen molar-refractivity contribution in [2.75, 3.05) is 24.6 Å². The van der Waals surface area contributed by atoms with Crippen LogP contribution < -0.4 is 10.2 Å². The highest BCUT2D eigenvalue weighted by molar-refractivity contribution is 6.09. The van der Waals surface area contributed by atoms with E-state index >= 15 is 0 Å². The lowest BCUT2D eigenvalue weighted by atomic mass is 9.89. The fourth-order valence-corrected chi connectivity index (χ4v) is 3.06. The number of rotatable bonds is 7. The Kier molecular flexibility index (Phi) is 6.22. The number of aliphatic hydroxyl groups is 1. The molecule has 0 radical (unpaired) electrons. The van der Waals surface area contributed by atoms with Crippen molar-refractivity contribution < 1.29 is 14.7 Å². The highest BCUT2D eigenvalue weighted by atomic mass is 16.3. The molecular weight excluding hydrogens is 316 g/mol. The van der Waals surface area contributed by atoms with Gasteiger partial charge in [0.2, 0.25) is 11.8 Å². The van der Waals surface area contributed by atoms with E-state index in [1.807, 2.05) is 38.1 Å². The topological polar surface area (TPSA) is 69.6 Å². The van der Waals surface area contributed by atoms with Crippen LogP contribution in [0.3, 0.4) is 0 Å². The summed E-state index contributed by atoms with van der Waals surface area (Å²) in [6, 6.07) is 7.99. The van der Waals surface area contributed by atoms with Gasteiger partial charge in [0.05, 0.1) is 0 Å². The van der Waals surface area contributed by atoms with E-state index in [0.29, 0.717) is 31.8 Å². The second-order valence-corrected chi connectivity index (χ2v) is 7.93. The van der Waals surface area contributed by atoms with E-state index in [2.05, 4.69) is 19.2 Å². The van der Waals surface area contributed by atoms with Gasteiger partial charge in [-0.05, 0) is 41.9 Å². The van der Waals surface area contributed by atoms with Crippen LogP contribution in [0.1, 0.15) is 52.0 Å². The van der Waals surface area contributed by atoms with Crippen molar-refractivity contribution in [3.8, 4) is 0 Å². The predicted molar refractivity (Wildman–Crippen MR) is 99.5 cm³/mol. The number of hydrogen-bond donors (Lipinski definition) is 2. The fourth-order valence-electron chi connectivity index (χ4n) is 3.06. The van der Waals surface area contributed by atoms with Gasteiger partial charge in [0.15, 0.2) is 0 Å². The Hall–Kier alpha value is -1.88. The molecule has 0 spiro atoms. The molecule has 1 heterocycles. The summed E-state index contributed by atoms with van der Waals surface area (Å²) in [4.78, 5) is 26.7. The van der Waals surface area contributed by atoms with Gasteiger partial charge in [-0.1, -0.05) is 39.8 Å². The maximum absolute atomic E-state index is 12.6. The highest BCUT2D eigenvalue weighted by Gasteiger charge is 2.37. The van der Waals surface area contributed by atoms with Crippen LogP contribution in [0.2, 0.25) is 0 Å². The minimum absolute atomic E-state index is 0.0887. The molecule has 25 heavy (non-hydrogen) atoms. The first-order chi connectivity index (χ1) is 11.7. The van der Waals surface area contributed by atoms with Gasteiger partial charge >= 0.3 is 0 Å². The summed E-state index contributed by atoms with van der Waals surface area (Å²) in [5.41, 5.74) is 1.90. The van der Waals surface area contributed by atoms with E-state index < -0.39 is 5.92 Å². The lowest BCUT2D eigenvalue weighted by Crippen LogP contribution is -2.41. The molecule has 1 fully saturated rings. The smallest absolute Gasteiger partial charge is 0.239 e. The third kappa shape index (κ3) is 4.82. The molecule has 1 aliphatic rings. The Morgan fingerprint density at radius 2 is 1.96 bits per heavy atom. The van der Waals surface area contributed by atoms with Crippen molar-refractivity contribution in [3.63, 3.8) is 0 Å². The molecule has 1 aliphatic heterocycles. The maximum Gasteiger partial charge on any atom is 0.239 e. The molecule has 138 valence electrons. The Balaban J connectivity index is 1.97. The van der Waals surface area contributed by atoms with Crippen LogP contribution in [0, 0.1) is 11.3 Å². The number of benzene rings is 1. The first-order valence-electron chi connectivity index (χ1n) is 9.05. The van der Waals surface area contributed by atoms with Crippen LogP contribution in [-0.2, 0) is 9.59 Å². The molecule has 0 saturated carbocycles. The molecule has 1 aromatic carbocycles. The second-order valence-electron chi connectivity index (χ2n) is 7.93. The number of anilines is 1. The van der Waals surface area contributed by atoms with Crippen molar-refractivity contribution in [1.29, 1.82) is 0 Å². The van der Waals surface area contributed by atoms with Crippen LogP contribution in [0.15, 0.2) is 24.3 Å². The Bertz CT molecular complexity index is 608. The minimum atomic E-state index is -0.616. The Labute approximate surface area is 150 Å². The van der Waals surface area contributed by atoms with E-state index in [1.54, 1.807) is 4.90 Å². The highest BCUT2D eigenvalue weighted by Crippen LogP contribution is 2.27. The summed E-state index contributed by atoms with van der Waals surface area (Å²) in [5, 5.41) is 11.9. The van der Waals surface area contributed by atoms with Gasteiger partial charge in [-0.3, -0.25) is 9.59 Å². The van der Waals surface area contributed by atoms with Crippen LogP contribution >= 0.6 is 0 Å². The first kappa shape index (κ1) is 19.4. The Morgan fingerprint density at radius 3 is 2.52 bits per heavy atom. The number of carbonyl (C=O) groups is 2. The van der Waals surface area contributed by atoms with Gasteiger partial charge in [0, 0.05) is 25.4 Å². The van der Waals surface area contributed by atoms with E-state index in [0.717, 1.165) is 5.69 Å². The number of aliphatic hydroxyl groups excluding tert-OH is 1. The van der Waals surface area contributed by atoms with Gasteiger partial charge in [0.25, 0.3) is 0 Å². The molecule has 0 bridgehead atoms. The average molecular weight is 346 g/mol. The van der Waals surface area contributed by atoms with Crippen LogP contribution in [0.25, 0.3) is 0 Å². The fraction of sp³-hybridized carbons (Fsp3) is 0.600. The molecule has 1 aromatic rings. The monoisotopic (exact) mass is 346 g/mol. The third-order valence-electron chi connectivity index (χ3n) is 4.92. The van der Waals surface area contributed by atoms with Gasteiger partial charge < -0.3 is 15.3 Å². The number of carbonyl (C=O) groups excluding carboxylic acids is 2. The van der Waals surface area contributed by atoms with Gasteiger partial charge in [-0.15, -0.1) is 0 Å². The Morgan fingerprint density at radius 1 is 1.32 bits per heavy atom. The minimum Gasteiger partial charge on any atom is -0.396 e. The van der Waals surface area contributed by atoms with E-state index in [4.69, 9.17) is 5.11 Å². The van der Waals surface area contributed by atoms with Crippen molar-refractivity contribution in [1.82, 2.24) is 5.32 Å². The number of nitrogens with zero attached hydrogens (tertiary/aromatic N) is 1. The zero-order valence-corrected chi connectivity index (χ0v) is 15.7. The third-order valence-corrected chi connectivity index (χ3v) is 4.92. The van der Waals surface area contributed by atoms with Crippen molar-refractivity contribution in [3.05, 3.63) is 29.8 Å². The molecule has 1 atom stereocenters. The second kappa shape index (κ2) is 8.00. The summed E-state index contributed by atoms with van der Waals surface area (Å²) >= 11 is 0. The number of nitrogens with one attached hydrogen (secondary N) is 1. The molecule has 5 nitrogen and oxygen atoms in total. The summed E-state index contributed by atoms with van der Waals surface area (Å²) in [6.07, 6.45) is 1.15. The molecule has 1 saturated heterocycles. The average Bonchev–Trinajstić information content (AvgIpc) is 2.94. The standard InChI is InChI=1S/C20H30N2O3/c1-14(2)15-5-7-16(8-6-15)22-11-9-17(19(22)25)18(24)21-13-20(3,4)10-12-23/h5-8,14,17,23H,9-13H2,1-4H3,(H,21,24). The quantitative estimate of drug-likeness (QED) is 0.746. The van der Waals surface area contributed by atoms with E-state index in [-0.39, 0.29) is 23.8 Å². The van der Waals surface area contributed by atoms with E-state index in [1.165, 1.54) is 5.56 Å². The first-order valence-corrected chi connectivity index (χ1v) is 9.05. The van der Waals surface area contributed by atoms with E-state index in [9.17, 15) is 9.59 Å². The molecule has 0 aliphatic carbocycles. The molecular formula is C20H30N2O3. The van der Waals surface area contributed by atoms with Crippen molar-refractivity contribution >= 4 is 17.5 Å². The maximum atomic E-state index is 12.6. The number of amides is 2. The van der Waals surface area contributed by atoms with Crippen LogP contribution in [0.5, 0.6) is 0 Å². The van der Waals surface area contributed by atoms with Crippen LogP contribution in [0.4, 0.5) is 5.69 Å². The molecule has 2 N–H and O–H groups in total. The summed E-state index contributed by atoms with van der Waals surface area (Å²) in [7, 11) is 0. The molecule has 5 heteroatoms. The van der Waals surface area contributed by atoms with Crippen molar-refractivity contribution in [2.45, 2.75) is 46.5 Å². The lowest BCUT2D eigenvalue weighted by molar-refractivity contribution is -0.132.